The van der Waals surface area contributed by atoms with Crippen molar-refractivity contribution >= 4 is 5.97 Å². The van der Waals surface area contributed by atoms with Gasteiger partial charge in [0.1, 0.15) is 0 Å². The highest BCUT2D eigenvalue weighted by Gasteiger charge is 2.07. The summed E-state index contributed by atoms with van der Waals surface area (Å²) in [7, 11) is 1.34. The Morgan fingerprint density at radius 3 is 2.69 bits per heavy atom. The Morgan fingerprint density at radius 1 is 1.62 bits per heavy atom. The van der Waals surface area contributed by atoms with Crippen molar-refractivity contribution in [3.05, 3.63) is 30.1 Å². The molecule has 0 saturated carbocycles. The molecule has 1 heterocycles. The first kappa shape index (κ1) is 9.20. The van der Waals surface area contributed by atoms with Gasteiger partial charge in [0, 0.05) is 12.1 Å². The van der Waals surface area contributed by atoms with E-state index in [1.807, 2.05) is 6.07 Å². The van der Waals surface area contributed by atoms with Gasteiger partial charge in [0.15, 0.2) is 12.4 Å². The van der Waals surface area contributed by atoms with Crippen molar-refractivity contribution in [3.63, 3.8) is 0 Å². The molecule has 1 aromatic rings. The molecule has 13 heavy (non-hydrogen) atoms. The molecule has 0 unspecified atom stereocenters. The van der Waals surface area contributed by atoms with Gasteiger partial charge in [-0.05, 0) is 0 Å². The van der Waals surface area contributed by atoms with Crippen molar-refractivity contribution < 1.29 is 14.1 Å². The maximum Gasteiger partial charge on any atom is 0.372 e. The molecule has 0 N–H and O–H groups in total. The fourth-order valence-corrected chi connectivity index (χ4v) is 0.851. The van der Waals surface area contributed by atoms with E-state index in [1.54, 1.807) is 29.1 Å². The molecule has 0 spiro atoms. The molecule has 0 saturated heterocycles. The number of ether oxygens (including phenoxy) is 1. The number of pyridine rings is 1. The summed E-state index contributed by atoms with van der Waals surface area (Å²) in [6.07, 6.45) is 3.32. The van der Waals surface area contributed by atoms with Crippen LogP contribution in [0.5, 0.6) is 0 Å². The average Bonchev–Trinajstić information content (AvgIpc) is 2.19. The van der Waals surface area contributed by atoms with Crippen molar-refractivity contribution in [1.29, 1.82) is 5.26 Å². The van der Waals surface area contributed by atoms with Gasteiger partial charge in [-0.2, -0.15) is 9.83 Å². The Hall–Kier alpha value is -1.89. The Labute approximate surface area is 76.0 Å². The maximum absolute atomic E-state index is 10.8. The molecule has 4 nitrogen and oxygen atoms in total. The van der Waals surface area contributed by atoms with Crippen LogP contribution in [0.4, 0.5) is 0 Å². The summed E-state index contributed by atoms with van der Waals surface area (Å²) in [6, 6.07) is 5.28. The van der Waals surface area contributed by atoms with Crippen LogP contribution in [0.25, 0.3) is 0 Å². The summed E-state index contributed by atoms with van der Waals surface area (Å²) in [5.41, 5.74) is 0.570. The average molecular weight is 177 g/mol. The number of carbonyl (C=O) groups is 1. The van der Waals surface area contributed by atoms with Crippen molar-refractivity contribution in [2.75, 3.05) is 7.11 Å². The second-order valence-corrected chi connectivity index (χ2v) is 2.45. The number of carbonyl (C=O) groups excluding carboxylic acids is 1. The highest BCUT2D eigenvalue weighted by Crippen LogP contribution is 1.90. The number of methoxy groups -OCH3 is 1. The molecule has 0 atom stereocenters. The van der Waals surface area contributed by atoms with Gasteiger partial charge in [-0.15, -0.1) is 0 Å². The number of esters is 1. The summed E-state index contributed by atoms with van der Waals surface area (Å²) in [4.78, 5) is 10.8. The van der Waals surface area contributed by atoms with E-state index in [2.05, 4.69) is 4.74 Å². The van der Waals surface area contributed by atoms with Crippen LogP contribution in [0.2, 0.25) is 0 Å². The molecule has 0 aliphatic rings. The number of nitrogens with zero attached hydrogens (tertiary/aromatic N) is 2. The maximum atomic E-state index is 10.8. The smallest absolute Gasteiger partial charge is 0.372 e. The molecule has 0 amide bonds. The predicted octanol–water partition coefficient (Wildman–Crippen LogP) is 0.0188. The third kappa shape index (κ3) is 2.56. The highest BCUT2D eigenvalue weighted by molar-refractivity contribution is 5.67. The van der Waals surface area contributed by atoms with E-state index >= 15 is 0 Å². The molecule has 1 aromatic heterocycles. The molecule has 0 radical (unpaired) electrons. The molecular weight excluding hydrogens is 168 g/mol. The van der Waals surface area contributed by atoms with Crippen LogP contribution in [0.1, 0.15) is 5.56 Å². The molecule has 0 aliphatic carbocycles. The van der Waals surface area contributed by atoms with E-state index < -0.39 is 0 Å². The second-order valence-electron chi connectivity index (χ2n) is 2.45. The summed E-state index contributed by atoms with van der Waals surface area (Å²) in [6.45, 7) is 0.169. The monoisotopic (exact) mass is 177 g/mol. The zero-order chi connectivity index (χ0) is 9.68. The van der Waals surface area contributed by atoms with Gasteiger partial charge in [0.2, 0.25) is 6.54 Å². The summed E-state index contributed by atoms with van der Waals surface area (Å²) < 4.78 is 6.13. The van der Waals surface area contributed by atoms with Crippen molar-refractivity contribution in [2.24, 2.45) is 0 Å². The van der Waals surface area contributed by atoms with Gasteiger partial charge in [-0.1, -0.05) is 0 Å². The SMILES string of the molecule is COC(=O)C[n+]1ccc(C#N)cc1. The summed E-state index contributed by atoms with van der Waals surface area (Å²) in [5.74, 6) is -0.310. The second kappa shape index (κ2) is 4.21. The Kier molecular flexibility index (Phi) is 2.98. The largest absolute Gasteiger partial charge is 0.464 e. The van der Waals surface area contributed by atoms with E-state index in [9.17, 15) is 4.79 Å². The van der Waals surface area contributed by atoms with E-state index in [-0.39, 0.29) is 12.5 Å². The fraction of sp³-hybridized carbons (Fsp3) is 0.222. The number of nitriles is 1. The number of aromatic nitrogens is 1. The van der Waals surface area contributed by atoms with Crippen LogP contribution in [0.3, 0.4) is 0 Å². The van der Waals surface area contributed by atoms with Crippen LogP contribution in [0.15, 0.2) is 24.5 Å². The Bertz CT molecular complexity index is 338. The Morgan fingerprint density at radius 2 is 2.23 bits per heavy atom. The minimum absolute atomic E-state index is 0.169. The lowest BCUT2D eigenvalue weighted by molar-refractivity contribution is -0.685. The van der Waals surface area contributed by atoms with Crippen LogP contribution in [-0.4, -0.2) is 13.1 Å². The third-order valence-corrected chi connectivity index (χ3v) is 1.56. The summed E-state index contributed by atoms with van der Waals surface area (Å²) in [5, 5.41) is 8.51. The molecule has 1 rings (SSSR count). The van der Waals surface area contributed by atoms with Crippen LogP contribution in [0, 0.1) is 11.3 Å². The van der Waals surface area contributed by atoms with Crippen molar-refractivity contribution in [1.82, 2.24) is 0 Å². The molecule has 0 aromatic carbocycles. The van der Waals surface area contributed by atoms with Crippen LogP contribution in [-0.2, 0) is 16.1 Å². The fourth-order valence-electron chi connectivity index (χ4n) is 0.851. The summed E-state index contributed by atoms with van der Waals surface area (Å²) >= 11 is 0. The van der Waals surface area contributed by atoms with Gasteiger partial charge in [-0.3, -0.25) is 0 Å². The Balaban J connectivity index is 2.71. The van der Waals surface area contributed by atoms with Gasteiger partial charge in [0.25, 0.3) is 0 Å². The van der Waals surface area contributed by atoms with E-state index in [0.29, 0.717) is 5.56 Å². The molecule has 4 heteroatoms. The van der Waals surface area contributed by atoms with Gasteiger partial charge in [0.05, 0.1) is 18.7 Å². The first-order valence-corrected chi connectivity index (χ1v) is 3.72. The zero-order valence-electron chi connectivity index (χ0n) is 7.23. The standard InChI is InChI=1S/C9H9N2O2/c1-13-9(12)7-11-4-2-8(6-10)3-5-11/h2-5H,7H2,1H3/q+1. The first-order valence-electron chi connectivity index (χ1n) is 3.72. The van der Waals surface area contributed by atoms with Gasteiger partial charge in [-0.25, -0.2) is 4.79 Å². The predicted molar refractivity (Wildman–Crippen MR) is 43.4 cm³/mol. The zero-order valence-corrected chi connectivity index (χ0v) is 7.23. The molecular formula is C9H9N2O2+. The molecule has 0 bridgehead atoms. The van der Waals surface area contributed by atoms with Crippen molar-refractivity contribution in [3.8, 4) is 6.07 Å². The minimum Gasteiger partial charge on any atom is -0.464 e. The van der Waals surface area contributed by atoms with E-state index in [1.165, 1.54) is 7.11 Å². The first-order chi connectivity index (χ1) is 6.26. The quantitative estimate of drug-likeness (QED) is 0.472. The van der Waals surface area contributed by atoms with Gasteiger partial charge >= 0.3 is 5.97 Å². The van der Waals surface area contributed by atoms with Crippen LogP contribution < -0.4 is 4.57 Å². The minimum atomic E-state index is -0.310. The lowest BCUT2D eigenvalue weighted by atomic mass is 10.3. The molecule has 66 valence electrons. The molecule has 0 fully saturated rings. The van der Waals surface area contributed by atoms with Crippen LogP contribution >= 0.6 is 0 Å². The third-order valence-electron chi connectivity index (χ3n) is 1.56. The molecule has 0 aliphatic heterocycles. The topological polar surface area (TPSA) is 54.0 Å². The van der Waals surface area contributed by atoms with E-state index in [4.69, 9.17) is 5.26 Å². The van der Waals surface area contributed by atoms with Gasteiger partial charge < -0.3 is 4.74 Å². The number of hydrogen-bond acceptors (Lipinski definition) is 3. The van der Waals surface area contributed by atoms with E-state index in [0.717, 1.165) is 0 Å². The lowest BCUT2D eigenvalue weighted by Crippen LogP contribution is -2.37. The normalized spacial score (nSPS) is 8.92. The highest BCUT2D eigenvalue weighted by atomic mass is 16.5. The number of rotatable bonds is 2. The number of hydrogen-bond donors (Lipinski definition) is 0. The lowest BCUT2D eigenvalue weighted by Gasteiger charge is -1.94. The van der Waals surface area contributed by atoms with Crippen molar-refractivity contribution in [2.45, 2.75) is 6.54 Å².